The third-order valence-electron chi connectivity index (χ3n) is 5.53. The number of hydrogen-bond acceptors (Lipinski definition) is 6. The summed E-state index contributed by atoms with van der Waals surface area (Å²) in [4.78, 5) is 4.69. The van der Waals surface area contributed by atoms with E-state index in [9.17, 15) is 10.5 Å². The number of benzene rings is 2. The first-order valence-corrected chi connectivity index (χ1v) is 10.5. The summed E-state index contributed by atoms with van der Waals surface area (Å²) in [6.07, 6.45) is 1.22. The van der Waals surface area contributed by atoms with Gasteiger partial charge in [-0.3, -0.25) is 0 Å². The summed E-state index contributed by atoms with van der Waals surface area (Å²) in [7, 11) is 3.23. The van der Waals surface area contributed by atoms with Crippen LogP contribution in [0, 0.1) is 22.7 Å². The van der Waals surface area contributed by atoms with Crippen LogP contribution >= 0.6 is 0 Å². The number of fused-ring (bicyclic) bond motifs is 1. The molecule has 0 aliphatic rings. The normalized spacial score (nSPS) is 12.6. The molecule has 0 amide bonds. The van der Waals surface area contributed by atoms with E-state index in [1.54, 1.807) is 20.3 Å². The Morgan fingerprint density at radius 1 is 1.06 bits per heavy atom. The molecule has 0 radical (unpaired) electrons. The Kier molecular flexibility index (Phi) is 7.30. The van der Waals surface area contributed by atoms with Crippen LogP contribution in [0.15, 0.2) is 42.5 Å². The molecule has 0 spiro atoms. The average Bonchev–Trinajstić information content (AvgIpc) is 2.82. The quantitative estimate of drug-likeness (QED) is 0.457. The zero-order valence-corrected chi connectivity index (χ0v) is 18.9. The molecule has 32 heavy (non-hydrogen) atoms. The number of aryl methyl sites for hydroxylation is 1. The molecule has 0 fully saturated rings. The fourth-order valence-electron chi connectivity index (χ4n) is 3.80. The Hall–Kier alpha value is -3.61. The summed E-state index contributed by atoms with van der Waals surface area (Å²) in [5.41, 5.74) is 3.06. The molecule has 164 valence electrons. The highest BCUT2D eigenvalue weighted by Gasteiger charge is 2.31. The highest BCUT2D eigenvalue weighted by atomic mass is 16.5. The third-order valence-corrected chi connectivity index (χ3v) is 5.53. The minimum atomic E-state index is -0.900. The number of nitriles is 2. The summed E-state index contributed by atoms with van der Waals surface area (Å²) < 4.78 is 16.7. The highest BCUT2D eigenvalue weighted by molar-refractivity contribution is 5.83. The van der Waals surface area contributed by atoms with Gasteiger partial charge in [0.05, 0.1) is 42.4 Å². The maximum absolute atomic E-state index is 10.2. The Morgan fingerprint density at radius 2 is 1.88 bits per heavy atom. The van der Waals surface area contributed by atoms with Gasteiger partial charge in [-0.15, -0.1) is 0 Å². The van der Waals surface area contributed by atoms with Crippen molar-refractivity contribution in [3.05, 3.63) is 64.7 Å². The summed E-state index contributed by atoms with van der Waals surface area (Å²) in [6.45, 7) is 4.74. The van der Waals surface area contributed by atoms with Gasteiger partial charge < -0.3 is 14.2 Å². The predicted molar refractivity (Wildman–Crippen MR) is 123 cm³/mol. The molecule has 6 heteroatoms. The highest BCUT2D eigenvalue weighted by Crippen LogP contribution is 2.38. The van der Waals surface area contributed by atoms with Crippen molar-refractivity contribution in [2.24, 2.45) is 0 Å². The van der Waals surface area contributed by atoms with Gasteiger partial charge in [0.1, 0.15) is 12.4 Å². The maximum Gasteiger partial charge on any atom is 0.216 e. The molecule has 1 atom stereocenters. The molecule has 0 saturated heterocycles. The van der Waals surface area contributed by atoms with Crippen LogP contribution in [0.2, 0.25) is 0 Å². The van der Waals surface area contributed by atoms with E-state index in [0.29, 0.717) is 36.8 Å². The van der Waals surface area contributed by atoms with Crippen molar-refractivity contribution >= 4 is 10.9 Å². The number of nitrogens with zero attached hydrogens (tertiary/aromatic N) is 3. The molecule has 2 aromatic carbocycles. The molecular formula is C26H27N3O3. The largest absolute Gasteiger partial charge is 0.491 e. The Morgan fingerprint density at radius 3 is 2.53 bits per heavy atom. The van der Waals surface area contributed by atoms with Crippen molar-refractivity contribution < 1.29 is 14.2 Å². The first-order valence-electron chi connectivity index (χ1n) is 10.5. The summed E-state index contributed by atoms with van der Waals surface area (Å²) in [5, 5.41) is 20.4. The van der Waals surface area contributed by atoms with Crippen molar-refractivity contribution in [3.8, 4) is 23.8 Å². The van der Waals surface area contributed by atoms with E-state index in [-0.39, 0.29) is 0 Å². The van der Waals surface area contributed by atoms with Crippen molar-refractivity contribution in [1.82, 2.24) is 4.98 Å². The third kappa shape index (κ3) is 4.82. The minimum Gasteiger partial charge on any atom is -0.491 e. The molecule has 3 aromatic rings. The fourth-order valence-corrected chi connectivity index (χ4v) is 3.80. The zero-order valence-electron chi connectivity index (χ0n) is 18.9. The molecular weight excluding hydrogens is 402 g/mol. The summed E-state index contributed by atoms with van der Waals surface area (Å²) in [5.74, 6) is 1.21. The van der Waals surface area contributed by atoms with E-state index in [1.807, 2.05) is 43.3 Å². The van der Waals surface area contributed by atoms with Crippen LogP contribution in [0.1, 0.15) is 36.1 Å². The van der Waals surface area contributed by atoms with Gasteiger partial charge in [0, 0.05) is 23.6 Å². The zero-order chi connectivity index (χ0) is 23.1. The van der Waals surface area contributed by atoms with Crippen molar-refractivity contribution in [1.29, 1.82) is 10.5 Å². The number of methoxy groups -OCH3 is 2. The monoisotopic (exact) mass is 429 g/mol. The summed E-state index contributed by atoms with van der Waals surface area (Å²) in [6, 6.07) is 17.9. The van der Waals surface area contributed by atoms with Gasteiger partial charge in [-0.25, -0.2) is 4.98 Å². The van der Waals surface area contributed by atoms with Gasteiger partial charge in [-0.2, -0.15) is 10.5 Å². The molecule has 1 unspecified atom stereocenters. The smallest absolute Gasteiger partial charge is 0.216 e. The van der Waals surface area contributed by atoms with Crippen molar-refractivity contribution in [2.75, 3.05) is 27.4 Å². The molecule has 0 saturated carbocycles. The first-order chi connectivity index (χ1) is 15.5. The Balaban J connectivity index is 2.15. The maximum atomic E-state index is 10.2. The van der Waals surface area contributed by atoms with E-state index in [2.05, 4.69) is 19.1 Å². The van der Waals surface area contributed by atoms with Gasteiger partial charge in [0.15, 0.2) is 0 Å². The van der Waals surface area contributed by atoms with Gasteiger partial charge in [0.2, 0.25) is 5.88 Å². The average molecular weight is 430 g/mol. The Bertz CT molecular complexity index is 1190. The number of rotatable bonds is 9. The predicted octanol–water partition coefficient (Wildman–Crippen LogP) is 4.73. The van der Waals surface area contributed by atoms with E-state index >= 15 is 0 Å². The van der Waals surface area contributed by atoms with E-state index < -0.39 is 5.41 Å². The van der Waals surface area contributed by atoms with Crippen LogP contribution in [0.5, 0.6) is 11.6 Å². The van der Waals surface area contributed by atoms with Gasteiger partial charge in [0.25, 0.3) is 0 Å². The fraction of sp³-hybridized carbons (Fsp3) is 0.346. The van der Waals surface area contributed by atoms with E-state index in [0.717, 1.165) is 34.0 Å². The van der Waals surface area contributed by atoms with Crippen LogP contribution in [-0.2, 0) is 23.0 Å². The SMILES string of the molecule is CCc1cc2cc(OCCOC)c(C(C)(C#N)Cc3cccc(C#N)c3)cc2nc1OC. The van der Waals surface area contributed by atoms with Crippen molar-refractivity contribution in [3.63, 3.8) is 0 Å². The number of hydrogen-bond donors (Lipinski definition) is 0. The van der Waals surface area contributed by atoms with E-state index in [1.165, 1.54) is 0 Å². The molecule has 6 nitrogen and oxygen atoms in total. The minimum absolute atomic E-state index is 0.366. The second kappa shape index (κ2) is 10.1. The lowest BCUT2D eigenvalue weighted by Crippen LogP contribution is -2.24. The van der Waals surface area contributed by atoms with E-state index in [4.69, 9.17) is 19.2 Å². The molecule has 0 aliphatic carbocycles. The number of ether oxygens (including phenoxy) is 3. The number of aromatic nitrogens is 1. The van der Waals surface area contributed by atoms with Crippen LogP contribution in [0.4, 0.5) is 0 Å². The topological polar surface area (TPSA) is 88.2 Å². The molecule has 0 N–H and O–H groups in total. The van der Waals surface area contributed by atoms with Crippen LogP contribution in [0.3, 0.4) is 0 Å². The Labute approximate surface area is 189 Å². The summed E-state index contributed by atoms with van der Waals surface area (Å²) >= 11 is 0. The molecule has 1 aromatic heterocycles. The first kappa shape index (κ1) is 23.1. The lowest BCUT2D eigenvalue weighted by Gasteiger charge is -2.26. The van der Waals surface area contributed by atoms with Gasteiger partial charge in [-0.1, -0.05) is 19.1 Å². The standard InChI is InChI=1S/C26H27N3O3/c1-5-20-12-21-13-24(32-10-9-30-3)22(14-23(21)29-25(20)31-4)26(2,17-28)15-18-7-6-8-19(11-18)16-27/h6-8,11-14H,5,9-10,15H2,1-4H3. The van der Waals surface area contributed by atoms with Gasteiger partial charge >= 0.3 is 0 Å². The molecule has 1 heterocycles. The number of pyridine rings is 1. The van der Waals surface area contributed by atoms with Crippen LogP contribution in [0.25, 0.3) is 10.9 Å². The van der Waals surface area contributed by atoms with Crippen LogP contribution < -0.4 is 9.47 Å². The second-order valence-electron chi connectivity index (χ2n) is 7.83. The van der Waals surface area contributed by atoms with Crippen LogP contribution in [-0.4, -0.2) is 32.4 Å². The second-order valence-corrected chi connectivity index (χ2v) is 7.83. The molecule has 0 bridgehead atoms. The van der Waals surface area contributed by atoms with Gasteiger partial charge in [-0.05, 0) is 55.7 Å². The van der Waals surface area contributed by atoms with Crippen molar-refractivity contribution in [2.45, 2.75) is 32.1 Å². The molecule has 0 aliphatic heterocycles. The molecule has 3 rings (SSSR count). The lowest BCUT2D eigenvalue weighted by atomic mass is 9.77. The lowest BCUT2D eigenvalue weighted by molar-refractivity contribution is 0.145.